The van der Waals surface area contributed by atoms with Gasteiger partial charge in [0.25, 0.3) is 0 Å². The Kier molecular flexibility index (Phi) is 4.06. The second-order valence-electron chi connectivity index (χ2n) is 3.96. The molecule has 0 aromatic heterocycles. The van der Waals surface area contributed by atoms with Gasteiger partial charge in [0.15, 0.2) is 0 Å². The summed E-state index contributed by atoms with van der Waals surface area (Å²) in [5, 5.41) is 8.35. The molecule has 1 aliphatic heterocycles. The van der Waals surface area contributed by atoms with Gasteiger partial charge in [-0.1, -0.05) is 37.3 Å². The van der Waals surface area contributed by atoms with Crippen LogP contribution in [0.15, 0.2) is 45.5 Å². The molecule has 0 amide bonds. The van der Waals surface area contributed by atoms with Crippen molar-refractivity contribution in [2.24, 2.45) is 15.2 Å². The average Bonchev–Trinajstić information content (AvgIpc) is 2.40. The Hall–Kier alpha value is -2.17. The van der Waals surface area contributed by atoms with Crippen molar-refractivity contribution in [3.05, 3.63) is 35.9 Å². The lowest BCUT2D eigenvalue weighted by molar-refractivity contribution is 0.810. The normalized spacial score (nSPS) is 19.1. The number of hydrogen-bond acceptors (Lipinski definition) is 5. The number of nitrogens with zero attached hydrogens (tertiary/aromatic N) is 3. The lowest BCUT2D eigenvalue weighted by Gasteiger charge is -2.18. The first kappa shape index (κ1) is 12.3. The summed E-state index contributed by atoms with van der Waals surface area (Å²) in [6.07, 6.45) is 2.67. The standard InChI is InChI=1S/C13H17N5/c1-3-9-14-17-13-15-10(2)12(16-18-13)11-7-5-4-6-8-11/h4-10H,3H2,1-2H3,(H2,15,17,18). The fourth-order valence-electron chi connectivity index (χ4n) is 1.66. The van der Waals surface area contributed by atoms with Crippen molar-refractivity contribution in [2.75, 3.05) is 0 Å². The van der Waals surface area contributed by atoms with Crippen LogP contribution in [0.1, 0.15) is 25.8 Å². The van der Waals surface area contributed by atoms with E-state index in [0.29, 0.717) is 5.96 Å². The van der Waals surface area contributed by atoms with E-state index < -0.39 is 0 Å². The van der Waals surface area contributed by atoms with Gasteiger partial charge in [-0.3, -0.25) is 0 Å². The molecule has 0 saturated heterocycles. The maximum atomic E-state index is 4.46. The predicted molar refractivity (Wildman–Crippen MR) is 74.9 cm³/mol. The SMILES string of the molecule is CCC=NNC1=NC(C)C(c2ccccc2)=NN1. The van der Waals surface area contributed by atoms with Crippen LogP contribution < -0.4 is 10.9 Å². The molecular formula is C13H17N5. The van der Waals surface area contributed by atoms with Gasteiger partial charge in [-0.2, -0.15) is 10.2 Å². The molecular weight excluding hydrogens is 226 g/mol. The summed E-state index contributed by atoms with van der Waals surface area (Å²) in [5.74, 6) is 0.576. The van der Waals surface area contributed by atoms with E-state index in [1.54, 1.807) is 6.21 Å². The summed E-state index contributed by atoms with van der Waals surface area (Å²) in [7, 11) is 0. The highest BCUT2D eigenvalue weighted by molar-refractivity contribution is 6.07. The molecule has 0 radical (unpaired) electrons. The Balaban J connectivity index is 2.05. The number of rotatable bonds is 3. The largest absolute Gasteiger partial charge is 0.246 e. The Morgan fingerprint density at radius 1 is 1.39 bits per heavy atom. The number of aliphatic imine (C=N–C) groups is 1. The predicted octanol–water partition coefficient (Wildman–Crippen LogP) is 1.72. The van der Waals surface area contributed by atoms with Crippen molar-refractivity contribution in [3.8, 4) is 0 Å². The molecule has 1 heterocycles. The van der Waals surface area contributed by atoms with E-state index >= 15 is 0 Å². The highest BCUT2D eigenvalue weighted by Gasteiger charge is 2.17. The lowest BCUT2D eigenvalue weighted by atomic mass is 10.0. The van der Waals surface area contributed by atoms with E-state index in [4.69, 9.17) is 0 Å². The number of hydrogen-bond donors (Lipinski definition) is 2. The topological polar surface area (TPSA) is 61.1 Å². The van der Waals surface area contributed by atoms with Gasteiger partial charge in [-0.15, -0.1) is 0 Å². The summed E-state index contributed by atoms with van der Waals surface area (Å²) >= 11 is 0. The third-order valence-electron chi connectivity index (χ3n) is 2.51. The quantitative estimate of drug-likeness (QED) is 0.627. The fourth-order valence-corrected chi connectivity index (χ4v) is 1.66. The molecule has 2 N–H and O–H groups in total. The zero-order chi connectivity index (χ0) is 12.8. The molecule has 5 heteroatoms. The highest BCUT2D eigenvalue weighted by Crippen LogP contribution is 2.09. The molecule has 0 saturated carbocycles. The summed E-state index contributed by atoms with van der Waals surface area (Å²) in [5.41, 5.74) is 7.71. The van der Waals surface area contributed by atoms with Crippen LogP contribution >= 0.6 is 0 Å². The van der Waals surface area contributed by atoms with Crippen molar-refractivity contribution in [2.45, 2.75) is 26.3 Å². The Morgan fingerprint density at radius 2 is 2.17 bits per heavy atom. The van der Waals surface area contributed by atoms with Crippen molar-refractivity contribution in [1.29, 1.82) is 0 Å². The number of guanidine groups is 1. The third-order valence-corrected chi connectivity index (χ3v) is 2.51. The molecule has 1 aromatic rings. The molecule has 1 aromatic carbocycles. The maximum absolute atomic E-state index is 4.46. The van der Waals surface area contributed by atoms with Gasteiger partial charge in [0, 0.05) is 6.21 Å². The van der Waals surface area contributed by atoms with Crippen LogP contribution in [0.25, 0.3) is 0 Å². The van der Waals surface area contributed by atoms with Crippen molar-refractivity contribution >= 4 is 17.9 Å². The van der Waals surface area contributed by atoms with E-state index in [1.807, 2.05) is 44.2 Å². The monoisotopic (exact) mass is 243 g/mol. The molecule has 94 valence electrons. The zero-order valence-electron chi connectivity index (χ0n) is 10.6. The number of hydrazone groups is 2. The summed E-state index contributed by atoms with van der Waals surface area (Å²) in [6.45, 7) is 4.04. The molecule has 1 atom stereocenters. The van der Waals surface area contributed by atoms with Crippen LogP contribution in [0.4, 0.5) is 0 Å². The van der Waals surface area contributed by atoms with E-state index in [1.165, 1.54) is 0 Å². The first-order chi connectivity index (χ1) is 8.81. The zero-order valence-corrected chi connectivity index (χ0v) is 10.6. The smallest absolute Gasteiger partial charge is 0.233 e. The van der Waals surface area contributed by atoms with Crippen molar-refractivity contribution < 1.29 is 0 Å². The van der Waals surface area contributed by atoms with Crippen LogP contribution in [0.5, 0.6) is 0 Å². The minimum Gasteiger partial charge on any atom is -0.246 e. The molecule has 0 aliphatic carbocycles. The molecule has 18 heavy (non-hydrogen) atoms. The van der Waals surface area contributed by atoms with E-state index in [9.17, 15) is 0 Å². The highest BCUT2D eigenvalue weighted by atomic mass is 15.5. The van der Waals surface area contributed by atoms with Crippen LogP contribution in [0.2, 0.25) is 0 Å². The molecule has 1 aliphatic rings. The van der Waals surface area contributed by atoms with Gasteiger partial charge in [-0.25, -0.2) is 15.8 Å². The second kappa shape index (κ2) is 5.95. The summed E-state index contributed by atoms with van der Waals surface area (Å²) in [4.78, 5) is 4.46. The van der Waals surface area contributed by atoms with E-state index in [0.717, 1.165) is 17.7 Å². The summed E-state index contributed by atoms with van der Waals surface area (Å²) in [6, 6.07) is 10.0. The van der Waals surface area contributed by atoms with Crippen molar-refractivity contribution in [3.63, 3.8) is 0 Å². The Labute approximate surface area is 107 Å². The summed E-state index contributed by atoms with van der Waals surface area (Å²) < 4.78 is 0. The van der Waals surface area contributed by atoms with Gasteiger partial charge in [0.05, 0.1) is 11.8 Å². The first-order valence-corrected chi connectivity index (χ1v) is 6.05. The van der Waals surface area contributed by atoms with Gasteiger partial charge in [0.1, 0.15) is 0 Å². The molecule has 0 fully saturated rings. The van der Waals surface area contributed by atoms with Crippen molar-refractivity contribution in [1.82, 2.24) is 10.9 Å². The third kappa shape index (κ3) is 2.94. The molecule has 1 unspecified atom stereocenters. The van der Waals surface area contributed by atoms with Crippen LogP contribution in [-0.4, -0.2) is 23.9 Å². The molecule has 0 spiro atoms. The average molecular weight is 243 g/mol. The Morgan fingerprint density at radius 3 is 2.83 bits per heavy atom. The molecule has 2 rings (SSSR count). The Bertz CT molecular complexity index is 475. The lowest BCUT2D eigenvalue weighted by Crippen LogP contribution is -2.39. The van der Waals surface area contributed by atoms with Crippen LogP contribution in [0.3, 0.4) is 0 Å². The van der Waals surface area contributed by atoms with Gasteiger partial charge in [0.2, 0.25) is 5.96 Å². The van der Waals surface area contributed by atoms with Gasteiger partial charge >= 0.3 is 0 Å². The number of nitrogens with one attached hydrogen (secondary N) is 2. The van der Waals surface area contributed by atoms with Gasteiger partial charge in [-0.05, 0) is 18.9 Å². The minimum atomic E-state index is 0.00739. The minimum absolute atomic E-state index is 0.00739. The van der Waals surface area contributed by atoms with E-state index in [2.05, 4.69) is 26.0 Å². The first-order valence-electron chi connectivity index (χ1n) is 6.05. The maximum Gasteiger partial charge on any atom is 0.233 e. The molecule has 0 bridgehead atoms. The van der Waals surface area contributed by atoms with Crippen LogP contribution in [0, 0.1) is 0 Å². The van der Waals surface area contributed by atoms with Gasteiger partial charge < -0.3 is 0 Å². The molecule has 5 nitrogen and oxygen atoms in total. The second-order valence-corrected chi connectivity index (χ2v) is 3.96. The van der Waals surface area contributed by atoms with Crippen LogP contribution in [-0.2, 0) is 0 Å². The fraction of sp³-hybridized carbons (Fsp3) is 0.308. The number of benzene rings is 1. The van der Waals surface area contributed by atoms with E-state index in [-0.39, 0.29) is 6.04 Å².